The van der Waals surface area contributed by atoms with Crippen molar-refractivity contribution in [3.8, 4) is 46.8 Å². The minimum absolute atomic E-state index is 0.212. The van der Waals surface area contributed by atoms with Gasteiger partial charge in [0.25, 0.3) is 0 Å². The van der Waals surface area contributed by atoms with Gasteiger partial charge in [0.15, 0.2) is 0 Å². The van der Waals surface area contributed by atoms with Gasteiger partial charge < -0.3 is 9.13 Å². The van der Waals surface area contributed by atoms with Crippen molar-refractivity contribution in [1.82, 2.24) is 9.13 Å². The maximum Gasteiger partial charge on any atom is 0.101 e. The van der Waals surface area contributed by atoms with Crippen LogP contribution < -0.4 is 0 Å². The number of nitrogens with zero attached hydrogens (tertiary/aromatic N) is 6. The lowest BCUT2D eigenvalue weighted by Crippen LogP contribution is -2.08. The molecule has 1 aliphatic carbocycles. The van der Waals surface area contributed by atoms with Crippen LogP contribution in [0.3, 0.4) is 0 Å². The molecule has 1 aliphatic rings. The molecule has 6 heteroatoms. The highest BCUT2D eigenvalue weighted by molar-refractivity contribution is 6.10. The average molecular weight is 587 g/mol. The van der Waals surface area contributed by atoms with E-state index in [0.717, 1.165) is 66.5 Å². The summed E-state index contributed by atoms with van der Waals surface area (Å²) in [7, 11) is 0. The summed E-state index contributed by atoms with van der Waals surface area (Å²) in [6.45, 7) is 0. The predicted molar refractivity (Wildman–Crippen MR) is 179 cm³/mol. The molecular formula is C40H22N6. The van der Waals surface area contributed by atoms with Gasteiger partial charge in [-0.25, -0.2) is 0 Å². The number of nitriles is 4. The minimum Gasteiger partial charge on any atom is -0.308 e. The minimum atomic E-state index is -0.212. The zero-order valence-electron chi connectivity index (χ0n) is 24.4. The van der Waals surface area contributed by atoms with Crippen molar-refractivity contribution >= 4 is 38.8 Å². The van der Waals surface area contributed by atoms with Crippen molar-refractivity contribution in [1.29, 1.82) is 21.0 Å². The summed E-state index contributed by atoms with van der Waals surface area (Å²) >= 11 is 0. The van der Waals surface area contributed by atoms with E-state index >= 15 is 0 Å². The van der Waals surface area contributed by atoms with Crippen LogP contribution in [0.15, 0.2) is 109 Å². The average Bonchev–Trinajstić information content (AvgIpc) is 3.62. The van der Waals surface area contributed by atoms with Gasteiger partial charge in [-0.15, -0.1) is 0 Å². The third-order valence-corrected chi connectivity index (χ3v) is 8.95. The molecule has 7 aromatic rings. The summed E-state index contributed by atoms with van der Waals surface area (Å²) in [4.78, 5) is 0. The number of rotatable bonds is 3. The first kappa shape index (κ1) is 26.7. The number of allylic oxidation sites excluding steroid dienone is 1. The van der Waals surface area contributed by atoms with E-state index < -0.39 is 0 Å². The van der Waals surface area contributed by atoms with Crippen LogP contribution in [-0.4, -0.2) is 9.13 Å². The summed E-state index contributed by atoms with van der Waals surface area (Å²) < 4.78 is 4.20. The Hall–Kier alpha value is -6.86. The molecule has 212 valence electrons. The fraction of sp³-hybridized carbons (Fsp3) is 0.0500. The van der Waals surface area contributed by atoms with Crippen LogP contribution in [0.5, 0.6) is 0 Å². The lowest BCUT2D eigenvalue weighted by molar-refractivity contribution is 0.809. The van der Waals surface area contributed by atoms with Gasteiger partial charge in [-0.2, -0.15) is 21.0 Å². The molecule has 0 spiro atoms. The van der Waals surface area contributed by atoms with Crippen molar-refractivity contribution in [3.05, 3.63) is 137 Å². The first-order chi connectivity index (χ1) is 22.6. The van der Waals surface area contributed by atoms with E-state index in [1.807, 2.05) is 103 Å². The molecule has 0 amide bonds. The topological polar surface area (TPSA) is 105 Å². The SMILES string of the molecule is N#Cc1ccc2c(c1)c1ccccc1n2-c1ccc(-c2cccc(C#N)c2-n2c3c(c4ccccc42)CC(C#N)C=C3)cc1C#N. The molecule has 0 fully saturated rings. The van der Waals surface area contributed by atoms with Gasteiger partial charge in [-0.1, -0.05) is 60.7 Å². The molecule has 6 nitrogen and oxygen atoms in total. The molecule has 1 unspecified atom stereocenters. The quantitative estimate of drug-likeness (QED) is 0.206. The molecule has 0 N–H and O–H groups in total. The zero-order valence-corrected chi connectivity index (χ0v) is 24.4. The molecule has 2 aromatic heterocycles. The second-order valence-corrected chi connectivity index (χ2v) is 11.4. The standard InChI is InChI=1S/C40H22N6/c41-21-25-12-15-38-33(18-25)31-7-1-3-10-36(31)45(38)35-17-14-27(20-29(35)24-44)30-9-5-6-28(23-43)40(30)46-37-11-4-2-8-32(37)34-19-26(22-42)13-16-39(34)46/h1-18,20,26H,19H2. The Morgan fingerprint density at radius 2 is 1.35 bits per heavy atom. The van der Waals surface area contributed by atoms with Crippen molar-refractivity contribution in [2.24, 2.45) is 5.92 Å². The van der Waals surface area contributed by atoms with Gasteiger partial charge in [0.05, 0.1) is 62.7 Å². The fourth-order valence-electron chi connectivity index (χ4n) is 6.94. The van der Waals surface area contributed by atoms with E-state index in [1.165, 1.54) is 0 Å². The number of para-hydroxylation sites is 3. The highest BCUT2D eigenvalue weighted by atomic mass is 15.0. The van der Waals surface area contributed by atoms with Gasteiger partial charge in [-0.05, 0) is 72.2 Å². The van der Waals surface area contributed by atoms with Crippen molar-refractivity contribution in [2.75, 3.05) is 0 Å². The molecule has 1 atom stereocenters. The molecule has 8 rings (SSSR count). The summed E-state index contributed by atoms with van der Waals surface area (Å²) in [5.74, 6) is -0.212. The van der Waals surface area contributed by atoms with E-state index in [9.17, 15) is 21.0 Å². The lowest BCUT2D eigenvalue weighted by Gasteiger charge is -2.19. The number of benzene rings is 5. The van der Waals surface area contributed by atoms with Crippen LogP contribution in [0.2, 0.25) is 0 Å². The van der Waals surface area contributed by atoms with E-state index in [-0.39, 0.29) is 5.92 Å². The molecule has 0 radical (unpaired) electrons. The number of fused-ring (bicyclic) bond motifs is 6. The molecule has 0 saturated heterocycles. The van der Waals surface area contributed by atoms with Crippen LogP contribution in [0.4, 0.5) is 0 Å². The summed E-state index contributed by atoms with van der Waals surface area (Å²) in [5.41, 5.74) is 9.51. The van der Waals surface area contributed by atoms with E-state index in [0.29, 0.717) is 23.1 Å². The van der Waals surface area contributed by atoms with Gasteiger partial charge >= 0.3 is 0 Å². The van der Waals surface area contributed by atoms with Crippen LogP contribution in [-0.2, 0) is 6.42 Å². The maximum absolute atomic E-state index is 10.5. The smallest absolute Gasteiger partial charge is 0.101 e. The largest absolute Gasteiger partial charge is 0.308 e. The number of aromatic nitrogens is 2. The van der Waals surface area contributed by atoms with Gasteiger partial charge in [0.2, 0.25) is 0 Å². The van der Waals surface area contributed by atoms with E-state index in [4.69, 9.17) is 0 Å². The lowest BCUT2D eigenvalue weighted by atomic mass is 9.92. The Morgan fingerprint density at radius 1 is 0.609 bits per heavy atom. The summed E-state index contributed by atoms with van der Waals surface area (Å²) in [6, 6.07) is 42.7. The highest BCUT2D eigenvalue weighted by Gasteiger charge is 2.25. The molecule has 0 bridgehead atoms. The first-order valence-electron chi connectivity index (χ1n) is 14.9. The van der Waals surface area contributed by atoms with Crippen molar-refractivity contribution < 1.29 is 0 Å². The molecule has 2 heterocycles. The van der Waals surface area contributed by atoms with E-state index in [1.54, 1.807) is 6.07 Å². The number of hydrogen-bond donors (Lipinski definition) is 0. The Labute approximate surface area is 264 Å². The maximum atomic E-state index is 10.5. The molecule has 0 saturated carbocycles. The third kappa shape index (κ3) is 3.86. The fourth-order valence-corrected chi connectivity index (χ4v) is 6.94. The molecule has 46 heavy (non-hydrogen) atoms. The third-order valence-electron chi connectivity index (χ3n) is 8.95. The van der Waals surface area contributed by atoms with Gasteiger partial charge in [0.1, 0.15) is 12.1 Å². The second kappa shape index (κ2) is 10.4. The van der Waals surface area contributed by atoms with Gasteiger partial charge in [0, 0.05) is 27.4 Å². The predicted octanol–water partition coefficient (Wildman–Crippen LogP) is 8.72. The molecule has 5 aromatic carbocycles. The summed E-state index contributed by atoms with van der Waals surface area (Å²) in [6.07, 6.45) is 4.52. The second-order valence-electron chi connectivity index (χ2n) is 11.4. The van der Waals surface area contributed by atoms with Crippen molar-refractivity contribution in [2.45, 2.75) is 6.42 Å². The van der Waals surface area contributed by atoms with Crippen LogP contribution in [0.25, 0.3) is 61.3 Å². The number of hydrogen-bond acceptors (Lipinski definition) is 4. The normalized spacial score (nSPS) is 13.6. The first-order valence-corrected chi connectivity index (χ1v) is 14.9. The zero-order chi connectivity index (χ0) is 31.4. The Morgan fingerprint density at radius 3 is 2.11 bits per heavy atom. The molecular weight excluding hydrogens is 564 g/mol. The molecule has 0 aliphatic heterocycles. The van der Waals surface area contributed by atoms with Gasteiger partial charge in [-0.3, -0.25) is 0 Å². The Bertz CT molecular complexity index is 2620. The van der Waals surface area contributed by atoms with Crippen molar-refractivity contribution in [3.63, 3.8) is 0 Å². The van der Waals surface area contributed by atoms with E-state index in [2.05, 4.69) is 39.5 Å². The highest BCUT2D eigenvalue weighted by Crippen LogP contribution is 2.41. The Balaban J connectivity index is 1.38. The van der Waals surface area contributed by atoms with Crippen LogP contribution in [0, 0.1) is 51.2 Å². The summed E-state index contributed by atoms with van der Waals surface area (Å²) in [5, 5.41) is 43.1. The van der Waals surface area contributed by atoms with Crippen LogP contribution >= 0.6 is 0 Å². The Kier molecular flexibility index (Phi) is 6.04. The monoisotopic (exact) mass is 586 g/mol. The van der Waals surface area contributed by atoms with Crippen LogP contribution in [0.1, 0.15) is 27.9 Å².